The van der Waals surface area contributed by atoms with Gasteiger partial charge in [0.15, 0.2) is 0 Å². The third kappa shape index (κ3) is 1.92. The molecule has 75 valence electrons. The highest BCUT2D eigenvalue weighted by Crippen LogP contribution is 2.33. The van der Waals surface area contributed by atoms with Crippen LogP contribution in [0.4, 0.5) is 5.69 Å². The van der Waals surface area contributed by atoms with Crippen molar-refractivity contribution in [2.45, 2.75) is 26.2 Å². The summed E-state index contributed by atoms with van der Waals surface area (Å²) < 4.78 is 0. The lowest BCUT2D eigenvalue weighted by molar-refractivity contribution is -0.386. The lowest BCUT2D eigenvalue weighted by Gasteiger charge is -2.19. The SMILES string of the molecule is [CH2]c1cccc(C(C)(C)C)c1[N+](=O)[O-]. The van der Waals surface area contributed by atoms with Gasteiger partial charge in [-0.15, -0.1) is 0 Å². The molecule has 0 spiro atoms. The molecular formula is C11H14NO2. The zero-order valence-electron chi connectivity index (χ0n) is 8.70. The summed E-state index contributed by atoms with van der Waals surface area (Å²) in [6.45, 7) is 9.53. The number of rotatable bonds is 1. The van der Waals surface area contributed by atoms with Crippen molar-refractivity contribution < 1.29 is 4.92 Å². The van der Waals surface area contributed by atoms with Crippen molar-refractivity contribution in [1.29, 1.82) is 0 Å². The summed E-state index contributed by atoms with van der Waals surface area (Å²) in [5.74, 6) is 0. The summed E-state index contributed by atoms with van der Waals surface area (Å²) in [5, 5.41) is 10.9. The van der Waals surface area contributed by atoms with Crippen LogP contribution in [0.3, 0.4) is 0 Å². The standard InChI is InChI=1S/C11H14NO2/c1-8-6-5-7-9(11(2,3)4)10(8)12(13)14/h5-7H,1H2,2-4H3. The summed E-state index contributed by atoms with van der Waals surface area (Å²) in [6.07, 6.45) is 0. The molecular weight excluding hydrogens is 178 g/mol. The van der Waals surface area contributed by atoms with Gasteiger partial charge in [-0.3, -0.25) is 10.1 Å². The molecule has 14 heavy (non-hydrogen) atoms. The minimum absolute atomic E-state index is 0.139. The van der Waals surface area contributed by atoms with Crippen LogP contribution in [0.2, 0.25) is 0 Å². The molecule has 0 atom stereocenters. The highest BCUT2D eigenvalue weighted by atomic mass is 16.6. The van der Waals surface area contributed by atoms with E-state index in [0.717, 1.165) is 5.56 Å². The number of nitro benzene ring substituents is 1. The number of nitro groups is 1. The van der Waals surface area contributed by atoms with Crippen molar-refractivity contribution in [2.24, 2.45) is 0 Å². The molecule has 1 radical (unpaired) electrons. The topological polar surface area (TPSA) is 43.1 Å². The number of nitrogens with zero attached hydrogens (tertiary/aromatic N) is 1. The van der Waals surface area contributed by atoms with Crippen LogP contribution in [0.25, 0.3) is 0 Å². The molecule has 3 heteroatoms. The van der Waals surface area contributed by atoms with Gasteiger partial charge < -0.3 is 0 Å². The Morgan fingerprint density at radius 2 is 1.93 bits per heavy atom. The monoisotopic (exact) mass is 192 g/mol. The van der Waals surface area contributed by atoms with Gasteiger partial charge in [0, 0.05) is 11.1 Å². The maximum atomic E-state index is 10.9. The summed E-state index contributed by atoms with van der Waals surface area (Å²) in [6, 6.07) is 5.25. The molecule has 1 aromatic rings. The van der Waals surface area contributed by atoms with Gasteiger partial charge >= 0.3 is 0 Å². The van der Waals surface area contributed by atoms with E-state index in [-0.39, 0.29) is 16.0 Å². The Kier molecular flexibility index (Phi) is 2.60. The molecule has 1 aromatic carbocycles. The first-order valence-electron chi connectivity index (χ1n) is 4.44. The Morgan fingerprint density at radius 3 is 2.29 bits per heavy atom. The number of hydrogen-bond donors (Lipinski definition) is 0. The second kappa shape index (κ2) is 3.40. The molecule has 0 amide bonds. The van der Waals surface area contributed by atoms with E-state index in [0.29, 0.717) is 5.56 Å². The third-order valence-electron chi connectivity index (χ3n) is 2.11. The van der Waals surface area contributed by atoms with E-state index in [1.165, 1.54) is 0 Å². The lowest BCUT2D eigenvalue weighted by Crippen LogP contribution is -2.14. The van der Waals surface area contributed by atoms with E-state index in [2.05, 4.69) is 6.92 Å². The van der Waals surface area contributed by atoms with E-state index >= 15 is 0 Å². The van der Waals surface area contributed by atoms with Crippen molar-refractivity contribution in [3.05, 3.63) is 46.4 Å². The first kappa shape index (κ1) is 10.7. The zero-order valence-corrected chi connectivity index (χ0v) is 8.70. The van der Waals surface area contributed by atoms with Crippen molar-refractivity contribution in [3.8, 4) is 0 Å². The normalized spacial score (nSPS) is 11.4. The predicted octanol–water partition coefficient (Wildman–Crippen LogP) is 3.07. The molecule has 0 aliphatic rings. The second-order valence-electron chi connectivity index (χ2n) is 4.32. The highest BCUT2D eigenvalue weighted by molar-refractivity contribution is 5.52. The van der Waals surface area contributed by atoms with Gasteiger partial charge in [-0.1, -0.05) is 39.0 Å². The number of benzene rings is 1. The fourth-order valence-corrected chi connectivity index (χ4v) is 1.41. The minimum Gasteiger partial charge on any atom is -0.258 e. The largest absolute Gasteiger partial charge is 0.276 e. The molecule has 0 aromatic heterocycles. The van der Waals surface area contributed by atoms with Crippen LogP contribution in [0.1, 0.15) is 31.9 Å². The maximum absolute atomic E-state index is 10.9. The van der Waals surface area contributed by atoms with Crippen molar-refractivity contribution >= 4 is 5.69 Å². The van der Waals surface area contributed by atoms with Crippen LogP contribution in [-0.4, -0.2) is 4.92 Å². The molecule has 0 N–H and O–H groups in total. The fourth-order valence-electron chi connectivity index (χ4n) is 1.41. The van der Waals surface area contributed by atoms with Crippen LogP contribution < -0.4 is 0 Å². The molecule has 0 heterocycles. The van der Waals surface area contributed by atoms with E-state index in [4.69, 9.17) is 0 Å². The lowest BCUT2D eigenvalue weighted by atomic mass is 9.85. The second-order valence-corrected chi connectivity index (χ2v) is 4.32. The molecule has 0 bridgehead atoms. The Bertz CT molecular complexity index is 364. The maximum Gasteiger partial charge on any atom is 0.276 e. The molecule has 0 aliphatic carbocycles. The Morgan fingerprint density at radius 1 is 1.36 bits per heavy atom. The van der Waals surface area contributed by atoms with E-state index < -0.39 is 0 Å². The zero-order chi connectivity index (χ0) is 10.9. The van der Waals surface area contributed by atoms with Crippen molar-refractivity contribution in [3.63, 3.8) is 0 Å². The first-order valence-corrected chi connectivity index (χ1v) is 4.44. The molecule has 1 rings (SSSR count). The van der Waals surface area contributed by atoms with Crippen LogP contribution in [-0.2, 0) is 5.41 Å². The van der Waals surface area contributed by atoms with Gasteiger partial charge in [0.1, 0.15) is 0 Å². The number of para-hydroxylation sites is 1. The number of hydrogen-bond acceptors (Lipinski definition) is 2. The summed E-state index contributed by atoms with van der Waals surface area (Å²) in [7, 11) is 0. The van der Waals surface area contributed by atoms with Gasteiger partial charge in [0.2, 0.25) is 0 Å². The quantitative estimate of drug-likeness (QED) is 0.507. The van der Waals surface area contributed by atoms with Gasteiger partial charge in [-0.2, -0.15) is 0 Å². The van der Waals surface area contributed by atoms with Gasteiger partial charge in [0.25, 0.3) is 5.69 Å². The van der Waals surface area contributed by atoms with E-state index in [1.54, 1.807) is 18.2 Å². The molecule has 0 aliphatic heterocycles. The summed E-state index contributed by atoms with van der Waals surface area (Å²) >= 11 is 0. The van der Waals surface area contributed by atoms with Gasteiger partial charge in [-0.05, 0) is 12.3 Å². The molecule has 0 saturated carbocycles. The van der Waals surface area contributed by atoms with Crippen molar-refractivity contribution in [2.75, 3.05) is 0 Å². The Balaban J connectivity index is 3.44. The van der Waals surface area contributed by atoms with Crippen LogP contribution in [0.5, 0.6) is 0 Å². The Hall–Kier alpha value is -1.38. The minimum atomic E-state index is -0.358. The van der Waals surface area contributed by atoms with Crippen LogP contribution in [0, 0.1) is 17.0 Å². The summed E-state index contributed by atoms with van der Waals surface area (Å²) in [5.41, 5.74) is 1.12. The van der Waals surface area contributed by atoms with Crippen LogP contribution >= 0.6 is 0 Å². The fraction of sp³-hybridized carbons (Fsp3) is 0.364. The average Bonchev–Trinajstić information content (AvgIpc) is 2.01. The van der Waals surface area contributed by atoms with E-state index in [1.807, 2.05) is 20.8 Å². The average molecular weight is 192 g/mol. The van der Waals surface area contributed by atoms with E-state index in [9.17, 15) is 10.1 Å². The van der Waals surface area contributed by atoms with Crippen molar-refractivity contribution in [1.82, 2.24) is 0 Å². The highest BCUT2D eigenvalue weighted by Gasteiger charge is 2.25. The smallest absolute Gasteiger partial charge is 0.258 e. The molecule has 3 nitrogen and oxygen atoms in total. The summed E-state index contributed by atoms with van der Waals surface area (Å²) in [4.78, 5) is 10.5. The first-order chi connectivity index (χ1) is 6.34. The predicted molar refractivity (Wildman–Crippen MR) is 56.3 cm³/mol. The third-order valence-corrected chi connectivity index (χ3v) is 2.11. The Labute approximate surface area is 83.9 Å². The van der Waals surface area contributed by atoms with Gasteiger partial charge in [0.05, 0.1) is 4.92 Å². The molecule has 0 fully saturated rings. The van der Waals surface area contributed by atoms with Crippen LogP contribution in [0.15, 0.2) is 18.2 Å². The molecule has 0 saturated heterocycles. The van der Waals surface area contributed by atoms with Gasteiger partial charge in [-0.25, -0.2) is 0 Å². The molecule has 0 unspecified atom stereocenters.